The minimum Gasteiger partial charge on any atom is -0.381 e. The van der Waals surface area contributed by atoms with Gasteiger partial charge in [0, 0.05) is 6.00 Å². The Morgan fingerprint density at radius 2 is 2.00 bits per heavy atom. The summed E-state index contributed by atoms with van der Waals surface area (Å²) in [5.74, 6) is 1.79. The molecule has 0 aromatic heterocycles. The average molecular weight is 240 g/mol. The average Bonchev–Trinajstić information content (AvgIpc) is 2.51. The third-order valence-electron chi connectivity index (χ3n) is 4.17. The molecule has 1 heterocycles. The van der Waals surface area contributed by atoms with E-state index in [0.29, 0.717) is 17.8 Å². The summed E-state index contributed by atoms with van der Waals surface area (Å²) in [6.45, 7) is 11.3. The first-order chi connectivity index (χ1) is 7.52. The Kier molecular flexibility index (Phi) is 5.33. The molecular formula is C13H26BOP. The lowest BCUT2D eigenvalue weighted by Crippen LogP contribution is -2.39. The van der Waals surface area contributed by atoms with Crippen molar-refractivity contribution in [3.63, 3.8) is 0 Å². The molecule has 1 rings (SSSR count). The van der Waals surface area contributed by atoms with Crippen LogP contribution in [0.4, 0.5) is 0 Å². The van der Waals surface area contributed by atoms with Crippen LogP contribution in [0.3, 0.4) is 0 Å². The Bertz CT molecular complexity index is 222. The maximum Gasteiger partial charge on any atom is 0.109 e. The quantitative estimate of drug-likeness (QED) is 0.529. The van der Waals surface area contributed by atoms with Crippen LogP contribution in [0.2, 0.25) is 0 Å². The number of rotatable bonds is 5. The predicted octanol–water partition coefficient (Wildman–Crippen LogP) is 3.27. The van der Waals surface area contributed by atoms with Crippen molar-refractivity contribution in [1.82, 2.24) is 0 Å². The molecule has 16 heavy (non-hydrogen) atoms. The van der Waals surface area contributed by atoms with E-state index in [-0.39, 0.29) is 11.6 Å². The standard InChI is InChI=1S/C13H26BOP/c1-6-10-11(9(3)4)12(14)15-13(10,7-2)8-16-5/h9-12,16H,6-8H2,1-5H3. The molecule has 0 amide bonds. The molecule has 1 aliphatic heterocycles. The lowest BCUT2D eigenvalue weighted by molar-refractivity contribution is -0.0192. The molecule has 0 bridgehead atoms. The summed E-state index contributed by atoms with van der Waals surface area (Å²) in [6.07, 6.45) is 3.47. The van der Waals surface area contributed by atoms with Crippen molar-refractivity contribution in [2.24, 2.45) is 17.8 Å². The largest absolute Gasteiger partial charge is 0.381 e. The molecule has 1 nitrogen and oxygen atoms in total. The highest BCUT2D eigenvalue weighted by Gasteiger charge is 2.50. The van der Waals surface area contributed by atoms with Gasteiger partial charge in [-0.25, -0.2) is 0 Å². The summed E-state index contributed by atoms with van der Waals surface area (Å²) in [4.78, 5) is 0. The van der Waals surface area contributed by atoms with Gasteiger partial charge in [-0.05, 0) is 37.0 Å². The van der Waals surface area contributed by atoms with Gasteiger partial charge in [0.2, 0.25) is 0 Å². The van der Waals surface area contributed by atoms with E-state index in [4.69, 9.17) is 12.6 Å². The molecule has 0 spiro atoms. The molecule has 0 aromatic carbocycles. The monoisotopic (exact) mass is 240 g/mol. The van der Waals surface area contributed by atoms with Crippen LogP contribution in [-0.4, -0.2) is 32.3 Å². The number of hydrogen-bond acceptors (Lipinski definition) is 1. The van der Waals surface area contributed by atoms with Gasteiger partial charge in [0.15, 0.2) is 0 Å². The molecule has 1 fully saturated rings. The van der Waals surface area contributed by atoms with Gasteiger partial charge >= 0.3 is 0 Å². The molecule has 0 saturated carbocycles. The van der Waals surface area contributed by atoms with E-state index in [1.165, 1.54) is 12.6 Å². The van der Waals surface area contributed by atoms with E-state index in [9.17, 15) is 0 Å². The third-order valence-corrected chi connectivity index (χ3v) is 5.13. The molecular weight excluding hydrogens is 214 g/mol. The van der Waals surface area contributed by atoms with Crippen molar-refractivity contribution < 1.29 is 4.74 Å². The summed E-state index contributed by atoms with van der Waals surface area (Å²) >= 11 is 0. The maximum absolute atomic E-state index is 6.21. The fourth-order valence-corrected chi connectivity index (χ4v) is 4.64. The lowest BCUT2D eigenvalue weighted by Gasteiger charge is -2.35. The van der Waals surface area contributed by atoms with Crippen LogP contribution >= 0.6 is 8.58 Å². The summed E-state index contributed by atoms with van der Waals surface area (Å²) in [7, 11) is 7.16. The highest BCUT2D eigenvalue weighted by molar-refractivity contribution is 7.37. The SMILES string of the molecule is [B]C1OC(CC)(CPC)C(CC)C1C(C)C. The number of hydrogen-bond donors (Lipinski definition) is 0. The first kappa shape index (κ1) is 14.5. The second kappa shape index (κ2) is 5.87. The zero-order valence-electron chi connectivity index (χ0n) is 11.4. The minimum absolute atomic E-state index is 0.0544. The van der Waals surface area contributed by atoms with Crippen LogP contribution < -0.4 is 0 Å². The van der Waals surface area contributed by atoms with Crippen molar-refractivity contribution >= 4 is 16.4 Å². The first-order valence-electron chi connectivity index (χ1n) is 6.60. The van der Waals surface area contributed by atoms with Gasteiger partial charge in [-0.1, -0.05) is 34.1 Å². The summed E-state index contributed by atoms with van der Waals surface area (Å²) < 4.78 is 6.20. The van der Waals surface area contributed by atoms with Gasteiger partial charge in [-0.15, -0.1) is 8.58 Å². The van der Waals surface area contributed by atoms with Gasteiger partial charge < -0.3 is 4.74 Å². The van der Waals surface area contributed by atoms with E-state index >= 15 is 0 Å². The van der Waals surface area contributed by atoms with Gasteiger partial charge in [-0.3, -0.25) is 0 Å². The minimum atomic E-state index is -0.0544. The molecule has 0 aromatic rings. The van der Waals surface area contributed by atoms with E-state index in [1.807, 2.05) is 0 Å². The van der Waals surface area contributed by atoms with Crippen molar-refractivity contribution in [1.29, 1.82) is 0 Å². The third kappa shape index (κ3) is 2.48. The maximum atomic E-state index is 6.21. The highest BCUT2D eigenvalue weighted by Crippen LogP contribution is 2.48. The van der Waals surface area contributed by atoms with Crippen LogP contribution in [0.5, 0.6) is 0 Å². The molecule has 5 unspecified atom stereocenters. The zero-order chi connectivity index (χ0) is 12.3. The summed E-state index contributed by atoms with van der Waals surface area (Å²) in [5, 5.41) is 0. The first-order valence-corrected chi connectivity index (χ1v) is 8.31. The topological polar surface area (TPSA) is 9.23 Å². The Labute approximate surface area is 104 Å². The van der Waals surface area contributed by atoms with Crippen LogP contribution in [0.15, 0.2) is 0 Å². The molecule has 1 saturated heterocycles. The molecule has 0 N–H and O–H groups in total. The van der Waals surface area contributed by atoms with E-state index < -0.39 is 0 Å². The molecule has 0 aliphatic carbocycles. The fraction of sp³-hybridized carbons (Fsp3) is 1.00. The van der Waals surface area contributed by atoms with Gasteiger partial charge in [-0.2, -0.15) is 0 Å². The van der Waals surface area contributed by atoms with Gasteiger partial charge in [0.1, 0.15) is 7.85 Å². The zero-order valence-corrected chi connectivity index (χ0v) is 12.4. The van der Waals surface area contributed by atoms with Crippen molar-refractivity contribution in [3.05, 3.63) is 0 Å². The van der Waals surface area contributed by atoms with Crippen LogP contribution in [0, 0.1) is 17.8 Å². The summed E-state index contributed by atoms with van der Waals surface area (Å²) in [5.41, 5.74) is 0.0658. The Morgan fingerprint density at radius 3 is 2.38 bits per heavy atom. The number of ether oxygens (including phenoxy) is 1. The van der Waals surface area contributed by atoms with Crippen LogP contribution in [0.1, 0.15) is 40.5 Å². The predicted molar refractivity (Wildman–Crippen MR) is 74.9 cm³/mol. The molecule has 92 valence electrons. The van der Waals surface area contributed by atoms with Crippen molar-refractivity contribution in [2.45, 2.75) is 52.1 Å². The van der Waals surface area contributed by atoms with Gasteiger partial charge in [0.25, 0.3) is 0 Å². The van der Waals surface area contributed by atoms with Crippen LogP contribution in [-0.2, 0) is 4.74 Å². The second-order valence-corrected chi connectivity index (χ2v) is 6.43. The van der Waals surface area contributed by atoms with Gasteiger partial charge in [0.05, 0.1) is 5.60 Å². The van der Waals surface area contributed by atoms with E-state index in [2.05, 4.69) is 34.4 Å². The Hall–Kier alpha value is 0.455. The normalized spacial score (nSPS) is 40.2. The lowest BCUT2D eigenvalue weighted by atomic mass is 9.69. The second-order valence-electron chi connectivity index (χ2n) is 5.37. The van der Waals surface area contributed by atoms with Crippen molar-refractivity contribution in [2.75, 3.05) is 12.8 Å². The van der Waals surface area contributed by atoms with Crippen LogP contribution in [0.25, 0.3) is 0 Å². The molecule has 5 atom stereocenters. The Morgan fingerprint density at radius 1 is 1.38 bits per heavy atom. The smallest absolute Gasteiger partial charge is 0.109 e. The molecule has 1 aliphatic rings. The molecule has 2 radical (unpaired) electrons. The fourth-order valence-electron chi connectivity index (χ4n) is 3.45. The highest BCUT2D eigenvalue weighted by atomic mass is 31.1. The van der Waals surface area contributed by atoms with Crippen molar-refractivity contribution in [3.8, 4) is 0 Å². The summed E-state index contributed by atoms with van der Waals surface area (Å²) in [6, 6.07) is -0.0544. The Balaban J connectivity index is 2.94. The molecule has 3 heteroatoms. The van der Waals surface area contributed by atoms with E-state index in [1.54, 1.807) is 0 Å². The van der Waals surface area contributed by atoms with E-state index in [0.717, 1.165) is 15.0 Å².